The molecule has 1 aliphatic carbocycles. The number of aromatic nitrogens is 4. The van der Waals surface area contributed by atoms with E-state index in [4.69, 9.17) is 0 Å². The molecular formula is C25H25F2N5O2. The number of aryl methyl sites for hydroxylation is 1. The molecule has 1 fully saturated rings. The van der Waals surface area contributed by atoms with Gasteiger partial charge in [-0.1, -0.05) is 25.0 Å². The van der Waals surface area contributed by atoms with Crippen LogP contribution in [0.25, 0.3) is 22.2 Å². The number of H-pyrrole nitrogens is 1. The van der Waals surface area contributed by atoms with Crippen molar-refractivity contribution in [2.45, 2.75) is 44.2 Å². The van der Waals surface area contributed by atoms with Gasteiger partial charge in [0.25, 0.3) is 5.91 Å². The van der Waals surface area contributed by atoms with E-state index < -0.39 is 17.7 Å². The topological polar surface area (TPSA) is 95.8 Å². The monoisotopic (exact) mass is 465 g/mol. The van der Waals surface area contributed by atoms with Crippen molar-refractivity contribution in [2.75, 3.05) is 0 Å². The average molecular weight is 466 g/mol. The molecule has 5 rings (SSSR count). The number of amides is 1. The van der Waals surface area contributed by atoms with E-state index in [2.05, 4.69) is 20.4 Å². The van der Waals surface area contributed by atoms with Gasteiger partial charge in [-0.15, -0.1) is 0 Å². The standard InChI is InChI=1S/C25H25F2N5O2/c1-32-12-16(11-30-32)17-7-6-15(22(26)23(17)27)8-14-9-18(24-20(10-14)28-13-29-24)25(34)31-19-4-2-3-5-21(19)33/h6-7,9-13,19,21,33H,2-5,8H2,1H3,(H,28,29)(H,31,34)/t19-,21-/m0/s1. The first-order valence-corrected chi connectivity index (χ1v) is 11.3. The predicted octanol–water partition coefficient (Wildman–Crippen LogP) is 3.87. The molecule has 2 aromatic carbocycles. The third-order valence-electron chi connectivity index (χ3n) is 6.45. The number of benzene rings is 2. The van der Waals surface area contributed by atoms with Gasteiger partial charge in [-0.3, -0.25) is 9.48 Å². The van der Waals surface area contributed by atoms with E-state index in [1.54, 1.807) is 31.4 Å². The molecule has 0 spiro atoms. The molecule has 0 unspecified atom stereocenters. The minimum absolute atomic E-state index is 0.0946. The first kappa shape index (κ1) is 22.2. The lowest BCUT2D eigenvalue weighted by Crippen LogP contribution is -2.45. The molecule has 0 bridgehead atoms. The highest BCUT2D eigenvalue weighted by molar-refractivity contribution is 6.05. The van der Waals surface area contributed by atoms with E-state index in [9.17, 15) is 18.7 Å². The van der Waals surface area contributed by atoms with Crippen molar-refractivity contribution in [2.24, 2.45) is 7.05 Å². The number of hydrogen-bond acceptors (Lipinski definition) is 4. The molecule has 9 heteroatoms. The number of aromatic amines is 1. The average Bonchev–Trinajstić information content (AvgIpc) is 3.47. The molecule has 7 nitrogen and oxygen atoms in total. The van der Waals surface area contributed by atoms with Crippen molar-refractivity contribution < 1.29 is 18.7 Å². The molecule has 0 aliphatic heterocycles. The summed E-state index contributed by atoms with van der Waals surface area (Å²) < 4.78 is 31.4. The van der Waals surface area contributed by atoms with Gasteiger partial charge in [-0.05, 0) is 36.1 Å². The highest BCUT2D eigenvalue weighted by atomic mass is 19.2. The Bertz CT molecular complexity index is 1360. The van der Waals surface area contributed by atoms with E-state index in [1.165, 1.54) is 23.3 Å². The summed E-state index contributed by atoms with van der Waals surface area (Å²) in [5.74, 6) is -2.21. The Morgan fingerprint density at radius 1 is 1.24 bits per heavy atom. The Morgan fingerprint density at radius 2 is 2.06 bits per heavy atom. The van der Waals surface area contributed by atoms with Gasteiger partial charge in [-0.2, -0.15) is 5.10 Å². The number of fused-ring (bicyclic) bond motifs is 1. The van der Waals surface area contributed by atoms with E-state index in [0.717, 1.165) is 12.8 Å². The minimum Gasteiger partial charge on any atom is -0.391 e. The molecule has 3 N–H and O–H groups in total. The smallest absolute Gasteiger partial charge is 0.253 e. The number of nitrogens with one attached hydrogen (secondary N) is 2. The highest BCUT2D eigenvalue weighted by Gasteiger charge is 2.26. The summed E-state index contributed by atoms with van der Waals surface area (Å²) in [4.78, 5) is 20.3. The van der Waals surface area contributed by atoms with E-state index in [1.807, 2.05) is 0 Å². The van der Waals surface area contributed by atoms with Gasteiger partial charge >= 0.3 is 0 Å². The Hall–Kier alpha value is -3.59. The van der Waals surface area contributed by atoms with Gasteiger partial charge in [-0.25, -0.2) is 13.8 Å². The lowest BCUT2D eigenvalue weighted by Gasteiger charge is -2.28. The molecule has 0 radical (unpaired) electrons. The number of nitrogens with zero attached hydrogens (tertiary/aromatic N) is 3. The van der Waals surface area contributed by atoms with Crippen LogP contribution in [-0.4, -0.2) is 42.9 Å². The molecule has 2 heterocycles. The molecule has 176 valence electrons. The molecule has 4 aromatic rings. The molecule has 1 saturated carbocycles. The summed E-state index contributed by atoms with van der Waals surface area (Å²) in [7, 11) is 1.71. The number of halogens is 2. The summed E-state index contributed by atoms with van der Waals surface area (Å²) in [5, 5.41) is 17.2. The molecule has 1 aliphatic rings. The maximum Gasteiger partial charge on any atom is 0.253 e. The second-order valence-electron chi connectivity index (χ2n) is 8.85. The Balaban J connectivity index is 1.44. The van der Waals surface area contributed by atoms with Gasteiger partial charge in [0.15, 0.2) is 11.6 Å². The zero-order valence-electron chi connectivity index (χ0n) is 18.7. The van der Waals surface area contributed by atoms with Gasteiger partial charge in [0.1, 0.15) is 5.52 Å². The molecular weight excluding hydrogens is 440 g/mol. The van der Waals surface area contributed by atoms with Crippen molar-refractivity contribution in [3.63, 3.8) is 0 Å². The summed E-state index contributed by atoms with van der Waals surface area (Å²) in [6.07, 6.45) is 7.36. The SMILES string of the molecule is Cn1cc(-c2ccc(Cc3cc(C(=O)N[C@H]4CCCC[C@@H]4O)c4nc[nH]c4c3)c(F)c2F)cn1. The fraction of sp³-hybridized carbons (Fsp3) is 0.320. The normalized spacial score (nSPS) is 18.4. The third kappa shape index (κ3) is 4.19. The van der Waals surface area contributed by atoms with Gasteiger partial charge < -0.3 is 15.4 Å². The summed E-state index contributed by atoms with van der Waals surface area (Å²) in [6, 6.07) is 6.21. The van der Waals surface area contributed by atoms with Crippen LogP contribution in [0.15, 0.2) is 43.0 Å². The second kappa shape index (κ2) is 8.98. The number of rotatable bonds is 5. The zero-order valence-corrected chi connectivity index (χ0v) is 18.7. The van der Waals surface area contributed by atoms with Crippen molar-refractivity contribution in [1.82, 2.24) is 25.1 Å². The Morgan fingerprint density at radius 3 is 2.82 bits per heavy atom. The van der Waals surface area contributed by atoms with Crippen LogP contribution in [0.5, 0.6) is 0 Å². The largest absolute Gasteiger partial charge is 0.391 e. The highest BCUT2D eigenvalue weighted by Crippen LogP contribution is 2.28. The van der Waals surface area contributed by atoms with Crippen molar-refractivity contribution in [3.8, 4) is 11.1 Å². The van der Waals surface area contributed by atoms with Crippen LogP contribution >= 0.6 is 0 Å². The third-order valence-corrected chi connectivity index (χ3v) is 6.45. The summed E-state index contributed by atoms with van der Waals surface area (Å²) in [5.41, 5.74) is 2.90. The second-order valence-corrected chi connectivity index (χ2v) is 8.85. The van der Waals surface area contributed by atoms with Crippen LogP contribution in [-0.2, 0) is 13.5 Å². The minimum atomic E-state index is -0.933. The fourth-order valence-corrected chi connectivity index (χ4v) is 4.64. The first-order valence-electron chi connectivity index (χ1n) is 11.3. The fourth-order valence-electron chi connectivity index (χ4n) is 4.64. The van der Waals surface area contributed by atoms with Crippen molar-refractivity contribution >= 4 is 16.9 Å². The van der Waals surface area contributed by atoms with Crippen molar-refractivity contribution in [3.05, 3.63) is 71.3 Å². The van der Waals surface area contributed by atoms with Crippen LogP contribution in [0.1, 0.15) is 47.2 Å². The lowest BCUT2D eigenvalue weighted by atomic mass is 9.92. The van der Waals surface area contributed by atoms with Crippen LogP contribution in [0.2, 0.25) is 0 Å². The van der Waals surface area contributed by atoms with E-state index >= 15 is 0 Å². The quantitative estimate of drug-likeness (QED) is 0.417. The maximum atomic E-state index is 15.0. The van der Waals surface area contributed by atoms with E-state index in [-0.39, 0.29) is 29.5 Å². The molecule has 34 heavy (non-hydrogen) atoms. The first-order chi connectivity index (χ1) is 16.4. The molecule has 0 saturated heterocycles. The predicted molar refractivity (Wildman–Crippen MR) is 123 cm³/mol. The van der Waals surface area contributed by atoms with Crippen molar-refractivity contribution in [1.29, 1.82) is 0 Å². The molecule has 2 atom stereocenters. The van der Waals surface area contributed by atoms with Crippen LogP contribution in [0.4, 0.5) is 8.78 Å². The number of carbonyl (C=O) groups excluding carboxylic acids is 1. The summed E-state index contributed by atoms with van der Waals surface area (Å²) >= 11 is 0. The zero-order chi connectivity index (χ0) is 23.8. The van der Waals surface area contributed by atoms with Gasteiger partial charge in [0.2, 0.25) is 0 Å². The van der Waals surface area contributed by atoms with Gasteiger partial charge in [0.05, 0.1) is 35.8 Å². The Labute approximate surface area is 194 Å². The number of aliphatic hydroxyl groups is 1. The van der Waals surface area contributed by atoms with Crippen LogP contribution < -0.4 is 5.32 Å². The number of imidazole rings is 1. The van der Waals surface area contributed by atoms with E-state index in [0.29, 0.717) is 40.6 Å². The van der Waals surface area contributed by atoms with Crippen LogP contribution in [0, 0.1) is 11.6 Å². The number of aliphatic hydroxyl groups excluding tert-OH is 1. The molecule has 1 amide bonds. The van der Waals surface area contributed by atoms with Crippen LogP contribution in [0.3, 0.4) is 0 Å². The maximum absolute atomic E-state index is 15.0. The Kier molecular flexibility index (Phi) is 5.87. The number of hydrogen-bond donors (Lipinski definition) is 3. The lowest BCUT2D eigenvalue weighted by molar-refractivity contribution is 0.0718. The summed E-state index contributed by atoms with van der Waals surface area (Å²) in [6.45, 7) is 0. The van der Waals surface area contributed by atoms with Gasteiger partial charge in [0, 0.05) is 30.8 Å². The number of carbonyl (C=O) groups is 1. The molecule has 2 aromatic heterocycles.